The first-order valence-corrected chi connectivity index (χ1v) is 5.76. The first-order valence-electron chi connectivity index (χ1n) is 5.76. The Bertz CT molecular complexity index is 297. The summed E-state index contributed by atoms with van der Waals surface area (Å²) in [5.41, 5.74) is 1.20. The maximum Gasteiger partial charge on any atom is 0.115 e. The molecule has 0 aliphatic carbocycles. The molecule has 0 heterocycles. The van der Waals surface area contributed by atoms with Crippen molar-refractivity contribution in [2.45, 2.75) is 38.8 Å². The van der Waals surface area contributed by atoms with E-state index in [0.29, 0.717) is 17.8 Å². The van der Waals surface area contributed by atoms with E-state index < -0.39 is 0 Å². The van der Waals surface area contributed by atoms with E-state index >= 15 is 0 Å². The van der Waals surface area contributed by atoms with E-state index in [9.17, 15) is 0 Å². The smallest absolute Gasteiger partial charge is 0.115 e. The molecule has 3 N–H and O–H groups in total. The molecule has 3 heteroatoms. The molecular weight excluding hydrogens is 202 g/mol. The van der Waals surface area contributed by atoms with Crippen molar-refractivity contribution in [3.63, 3.8) is 0 Å². The normalized spacial score (nSPS) is 14.7. The van der Waals surface area contributed by atoms with Gasteiger partial charge in [-0.2, -0.15) is 0 Å². The summed E-state index contributed by atoms with van der Waals surface area (Å²) in [4.78, 5) is 0. The molecule has 16 heavy (non-hydrogen) atoms. The van der Waals surface area contributed by atoms with Crippen LogP contribution in [0.4, 0.5) is 0 Å². The number of phenols is 1. The molecule has 0 saturated heterocycles. The summed E-state index contributed by atoms with van der Waals surface area (Å²) in [6.07, 6.45) is 1.70. The first-order chi connectivity index (χ1) is 7.61. The lowest BCUT2D eigenvalue weighted by molar-refractivity contribution is 0.264. The van der Waals surface area contributed by atoms with Crippen LogP contribution in [0.3, 0.4) is 0 Å². The average molecular weight is 223 g/mol. The van der Waals surface area contributed by atoms with Crippen molar-refractivity contribution >= 4 is 0 Å². The van der Waals surface area contributed by atoms with Gasteiger partial charge < -0.3 is 15.5 Å². The molecule has 1 aromatic carbocycles. The standard InChI is InChI=1S/C13H21NO2/c1-10(7-8-15)14-11(2)9-12-3-5-13(16)6-4-12/h3-6,10-11,14-16H,7-9H2,1-2H3. The molecule has 3 nitrogen and oxygen atoms in total. The fraction of sp³-hybridized carbons (Fsp3) is 0.538. The van der Waals surface area contributed by atoms with Crippen molar-refractivity contribution in [3.8, 4) is 5.75 Å². The zero-order valence-corrected chi connectivity index (χ0v) is 9.98. The molecule has 90 valence electrons. The summed E-state index contributed by atoms with van der Waals surface area (Å²) in [6.45, 7) is 4.42. The third kappa shape index (κ3) is 4.64. The summed E-state index contributed by atoms with van der Waals surface area (Å²) < 4.78 is 0. The van der Waals surface area contributed by atoms with Gasteiger partial charge in [-0.3, -0.25) is 0 Å². The Hall–Kier alpha value is -1.06. The molecule has 0 spiro atoms. The van der Waals surface area contributed by atoms with Crippen molar-refractivity contribution in [3.05, 3.63) is 29.8 Å². The minimum absolute atomic E-state index is 0.222. The molecule has 0 aliphatic heterocycles. The SMILES string of the molecule is CC(CCO)NC(C)Cc1ccc(O)cc1. The number of aliphatic hydroxyl groups excluding tert-OH is 1. The number of hydrogen-bond donors (Lipinski definition) is 3. The highest BCUT2D eigenvalue weighted by Gasteiger charge is 2.07. The minimum Gasteiger partial charge on any atom is -0.508 e. The van der Waals surface area contributed by atoms with Gasteiger partial charge in [0.15, 0.2) is 0 Å². The van der Waals surface area contributed by atoms with Crippen LogP contribution in [-0.4, -0.2) is 28.9 Å². The lowest BCUT2D eigenvalue weighted by atomic mass is 10.1. The summed E-state index contributed by atoms with van der Waals surface area (Å²) in [5.74, 6) is 0.304. The topological polar surface area (TPSA) is 52.5 Å². The molecule has 0 amide bonds. The van der Waals surface area contributed by atoms with E-state index in [1.165, 1.54) is 5.56 Å². The largest absolute Gasteiger partial charge is 0.508 e. The second-order valence-electron chi connectivity index (χ2n) is 4.35. The number of aliphatic hydroxyl groups is 1. The Morgan fingerprint density at radius 2 is 1.75 bits per heavy atom. The predicted molar refractivity (Wildman–Crippen MR) is 65.6 cm³/mol. The second kappa shape index (κ2) is 6.51. The summed E-state index contributed by atoms with van der Waals surface area (Å²) in [6, 6.07) is 7.98. The van der Waals surface area contributed by atoms with Gasteiger partial charge in [0, 0.05) is 18.7 Å². The molecule has 1 rings (SSSR count). The fourth-order valence-corrected chi connectivity index (χ4v) is 1.81. The number of benzene rings is 1. The third-order valence-corrected chi connectivity index (χ3v) is 2.61. The van der Waals surface area contributed by atoms with Crippen LogP contribution >= 0.6 is 0 Å². The Morgan fingerprint density at radius 1 is 1.12 bits per heavy atom. The highest BCUT2D eigenvalue weighted by molar-refractivity contribution is 5.26. The second-order valence-corrected chi connectivity index (χ2v) is 4.35. The molecule has 0 radical (unpaired) electrons. The van der Waals surface area contributed by atoms with Gasteiger partial charge in [-0.15, -0.1) is 0 Å². The molecule has 0 aromatic heterocycles. The van der Waals surface area contributed by atoms with Crippen LogP contribution in [0.2, 0.25) is 0 Å². The van der Waals surface area contributed by atoms with E-state index in [-0.39, 0.29) is 6.61 Å². The van der Waals surface area contributed by atoms with E-state index in [1.807, 2.05) is 12.1 Å². The molecule has 0 saturated carbocycles. The van der Waals surface area contributed by atoms with Crippen molar-refractivity contribution in [1.29, 1.82) is 0 Å². The maximum atomic E-state index is 9.16. The van der Waals surface area contributed by atoms with Gasteiger partial charge in [0.2, 0.25) is 0 Å². The van der Waals surface area contributed by atoms with Crippen LogP contribution in [0.1, 0.15) is 25.8 Å². The predicted octanol–water partition coefficient (Wildman–Crippen LogP) is 1.68. The van der Waals surface area contributed by atoms with E-state index in [0.717, 1.165) is 12.8 Å². The molecule has 0 fully saturated rings. The quantitative estimate of drug-likeness (QED) is 0.688. The number of nitrogens with one attached hydrogen (secondary N) is 1. The van der Waals surface area contributed by atoms with E-state index in [2.05, 4.69) is 19.2 Å². The van der Waals surface area contributed by atoms with Gasteiger partial charge in [-0.1, -0.05) is 12.1 Å². The Morgan fingerprint density at radius 3 is 2.31 bits per heavy atom. The van der Waals surface area contributed by atoms with Crippen LogP contribution in [0.25, 0.3) is 0 Å². The summed E-state index contributed by atoms with van der Waals surface area (Å²) in [5, 5.41) is 21.4. The molecule has 0 bridgehead atoms. The van der Waals surface area contributed by atoms with Gasteiger partial charge >= 0.3 is 0 Å². The molecule has 2 atom stereocenters. The van der Waals surface area contributed by atoms with Crippen molar-refractivity contribution in [2.75, 3.05) is 6.61 Å². The zero-order chi connectivity index (χ0) is 12.0. The summed E-state index contributed by atoms with van der Waals surface area (Å²) in [7, 11) is 0. The number of rotatable bonds is 6. The third-order valence-electron chi connectivity index (χ3n) is 2.61. The van der Waals surface area contributed by atoms with Gasteiger partial charge in [0.1, 0.15) is 5.75 Å². The van der Waals surface area contributed by atoms with Crippen LogP contribution in [0.15, 0.2) is 24.3 Å². The fourth-order valence-electron chi connectivity index (χ4n) is 1.81. The van der Waals surface area contributed by atoms with Crippen molar-refractivity contribution in [1.82, 2.24) is 5.32 Å². The first kappa shape index (κ1) is 13.0. The monoisotopic (exact) mass is 223 g/mol. The Kier molecular flexibility index (Phi) is 5.29. The van der Waals surface area contributed by atoms with Gasteiger partial charge in [0.05, 0.1) is 0 Å². The Balaban J connectivity index is 2.39. The van der Waals surface area contributed by atoms with Gasteiger partial charge in [0.25, 0.3) is 0 Å². The van der Waals surface area contributed by atoms with Crippen LogP contribution < -0.4 is 5.32 Å². The van der Waals surface area contributed by atoms with E-state index in [1.54, 1.807) is 12.1 Å². The highest BCUT2D eigenvalue weighted by Crippen LogP contribution is 2.11. The maximum absolute atomic E-state index is 9.16. The highest BCUT2D eigenvalue weighted by atomic mass is 16.3. The van der Waals surface area contributed by atoms with Crippen molar-refractivity contribution in [2.24, 2.45) is 0 Å². The molecule has 1 aromatic rings. The number of phenolic OH excluding ortho intramolecular Hbond substituents is 1. The van der Waals surface area contributed by atoms with E-state index in [4.69, 9.17) is 10.2 Å². The van der Waals surface area contributed by atoms with Gasteiger partial charge in [-0.25, -0.2) is 0 Å². The zero-order valence-electron chi connectivity index (χ0n) is 9.98. The van der Waals surface area contributed by atoms with Crippen LogP contribution in [-0.2, 0) is 6.42 Å². The van der Waals surface area contributed by atoms with Crippen molar-refractivity contribution < 1.29 is 10.2 Å². The van der Waals surface area contributed by atoms with Crippen LogP contribution in [0, 0.1) is 0 Å². The Labute approximate surface area is 97.1 Å². The summed E-state index contributed by atoms with van der Waals surface area (Å²) >= 11 is 0. The number of hydrogen-bond acceptors (Lipinski definition) is 3. The molecular formula is C13H21NO2. The van der Waals surface area contributed by atoms with Gasteiger partial charge in [-0.05, 0) is 44.4 Å². The lowest BCUT2D eigenvalue weighted by Crippen LogP contribution is -2.36. The molecule has 0 aliphatic rings. The molecule has 2 unspecified atom stereocenters. The average Bonchev–Trinajstić information content (AvgIpc) is 2.21. The minimum atomic E-state index is 0.222. The number of aromatic hydroxyl groups is 1. The lowest BCUT2D eigenvalue weighted by Gasteiger charge is -2.19. The van der Waals surface area contributed by atoms with Crippen LogP contribution in [0.5, 0.6) is 5.75 Å².